The molecule has 1 aromatic heterocycles. The quantitative estimate of drug-likeness (QED) is 0.825. The van der Waals surface area contributed by atoms with Crippen molar-refractivity contribution < 1.29 is 9.21 Å². The predicted octanol–water partition coefficient (Wildman–Crippen LogP) is 3.13. The Bertz CT molecular complexity index is 580. The summed E-state index contributed by atoms with van der Waals surface area (Å²) in [6.07, 6.45) is 11.8. The first kappa shape index (κ1) is 16.5. The molecule has 0 saturated heterocycles. The van der Waals surface area contributed by atoms with Crippen molar-refractivity contribution in [3.8, 4) is 0 Å². The number of rotatable bonds is 6. The van der Waals surface area contributed by atoms with Gasteiger partial charge in [0.05, 0.1) is 6.04 Å². The number of nitrogens with one attached hydrogen (secondary N) is 1. The molecule has 5 rings (SSSR count). The van der Waals surface area contributed by atoms with Crippen molar-refractivity contribution in [2.45, 2.75) is 56.5 Å². The summed E-state index contributed by atoms with van der Waals surface area (Å²) in [5.41, 5.74) is 6.46. The summed E-state index contributed by atoms with van der Waals surface area (Å²) in [6, 6.07) is -0.237. The predicted molar refractivity (Wildman–Crippen MR) is 94.8 cm³/mol. The van der Waals surface area contributed by atoms with Crippen molar-refractivity contribution in [2.75, 3.05) is 12.0 Å². The zero-order valence-corrected chi connectivity index (χ0v) is 15.1. The number of carbonyl (C=O) groups is 1. The van der Waals surface area contributed by atoms with Gasteiger partial charge in [-0.05, 0) is 74.7 Å². The minimum absolute atomic E-state index is 0.00587. The molecule has 1 unspecified atom stereocenters. The van der Waals surface area contributed by atoms with E-state index in [-0.39, 0.29) is 17.5 Å². The zero-order chi connectivity index (χ0) is 16.7. The summed E-state index contributed by atoms with van der Waals surface area (Å²) >= 11 is 1.75. The van der Waals surface area contributed by atoms with Gasteiger partial charge >= 0.3 is 0 Å². The van der Waals surface area contributed by atoms with E-state index in [1.54, 1.807) is 11.8 Å². The zero-order valence-electron chi connectivity index (χ0n) is 14.3. The Labute approximate surface area is 147 Å². The Balaban J connectivity index is 1.42. The van der Waals surface area contributed by atoms with Crippen LogP contribution >= 0.6 is 11.8 Å². The molecule has 4 bridgehead atoms. The van der Waals surface area contributed by atoms with Gasteiger partial charge in [-0.3, -0.25) is 4.79 Å². The van der Waals surface area contributed by atoms with E-state index in [1.165, 1.54) is 25.5 Å². The Morgan fingerprint density at radius 1 is 1.38 bits per heavy atom. The lowest BCUT2D eigenvalue weighted by atomic mass is 9.53. The van der Waals surface area contributed by atoms with Gasteiger partial charge in [0.2, 0.25) is 5.89 Å². The van der Waals surface area contributed by atoms with E-state index in [0.717, 1.165) is 49.2 Å². The third-order valence-electron chi connectivity index (χ3n) is 6.12. The van der Waals surface area contributed by atoms with Gasteiger partial charge in [-0.15, -0.1) is 0 Å². The largest absolute Gasteiger partial charge is 0.446 e. The minimum atomic E-state index is -0.237. The van der Waals surface area contributed by atoms with Crippen LogP contribution in [0.3, 0.4) is 0 Å². The highest BCUT2D eigenvalue weighted by Crippen LogP contribution is 2.55. The van der Waals surface area contributed by atoms with Gasteiger partial charge < -0.3 is 15.5 Å². The second-order valence-corrected chi connectivity index (χ2v) is 9.10. The highest BCUT2D eigenvalue weighted by atomic mass is 32.2. The Morgan fingerprint density at radius 2 is 2.00 bits per heavy atom. The molecule has 4 aliphatic carbocycles. The van der Waals surface area contributed by atoms with E-state index >= 15 is 0 Å². The third kappa shape index (κ3) is 3.10. The molecule has 4 saturated carbocycles. The standard InChI is InChI=1S/C18H27N3O2S/c1-24-3-2-14(19)17-20-15(10-23-17)16(22)21-18-7-11-4-12(8-18)6-13(5-11)9-18/h10-14H,2-9,19H2,1H3,(H,21,22). The summed E-state index contributed by atoms with van der Waals surface area (Å²) in [7, 11) is 0. The fraction of sp³-hybridized carbons (Fsp3) is 0.778. The number of amides is 1. The number of aromatic nitrogens is 1. The van der Waals surface area contributed by atoms with Crippen LogP contribution in [0, 0.1) is 17.8 Å². The Hall–Kier alpha value is -1.01. The third-order valence-corrected chi connectivity index (χ3v) is 6.77. The molecule has 6 heteroatoms. The van der Waals surface area contributed by atoms with Crippen LogP contribution in [0.25, 0.3) is 0 Å². The molecule has 132 valence electrons. The lowest BCUT2D eigenvalue weighted by molar-refractivity contribution is -0.0167. The topological polar surface area (TPSA) is 81.1 Å². The Kier molecular flexibility index (Phi) is 4.37. The van der Waals surface area contributed by atoms with E-state index in [0.29, 0.717) is 11.6 Å². The molecule has 4 fully saturated rings. The number of nitrogens with two attached hydrogens (primary N) is 1. The average Bonchev–Trinajstić information content (AvgIpc) is 3.01. The van der Waals surface area contributed by atoms with E-state index < -0.39 is 0 Å². The summed E-state index contributed by atoms with van der Waals surface area (Å²) in [4.78, 5) is 17.0. The fourth-order valence-electron chi connectivity index (χ4n) is 5.50. The molecule has 1 heterocycles. The van der Waals surface area contributed by atoms with Crippen LogP contribution in [0.15, 0.2) is 10.7 Å². The molecule has 4 aliphatic rings. The maximum absolute atomic E-state index is 12.7. The molecule has 0 aromatic carbocycles. The van der Waals surface area contributed by atoms with Crippen LogP contribution in [-0.4, -0.2) is 28.4 Å². The number of carbonyl (C=O) groups excluding carboxylic acids is 1. The molecular formula is C18H27N3O2S. The lowest BCUT2D eigenvalue weighted by Crippen LogP contribution is -2.59. The number of oxazole rings is 1. The van der Waals surface area contributed by atoms with Crippen LogP contribution in [0.1, 0.15) is 67.4 Å². The van der Waals surface area contributed by atoms with Gasteiger partial charge in [0.15, 0.2) is 5.69 Å². The first-order valence-corrected chi connectivity index (χ1v) is 10.5. The van der Waals surface area contributed by atoms with Gasteiger partial charge in [-0.1, -0.05) is 0 Å². The molecule has 1 aromatic rings. The van der Waals surface area contributed by atoms with E-state index in [4.69, 9.17) is 10.2 Å². The fourth-order valence-corrected chi connectivity index (χ4v) is 5.99. The molecule has 24 heavy (non-hydrogen) atoms. The monoisotopic (exact) mass is 349 g/mol. The van der Waals surface area contributed by atoms with E-state index in [2.05, 4.69) is 10.3 Å². The summed E-state index contributed by atoms with van der Waals surface area (Å²) in [5, 5.41) is 3.33. The molecule has 0 aliphatic heterocycles. The van der Waals surface area contributed by atoms with Crippen LogP contribution in [0.2, 0.25) is 0 Å². The number of hydrogen-bond donors (Lipinski definition) is 2. The van der Waals surface area contributed by atoms with Crippen LogP contribution in [0.4, 0.5) is 0 Å². The van der Waals surface area contributed by atoms with Crippen molar-refractivity contribution in [1.29, 1.82) is 0 Å². The lowest BCUT2D eigenvalue weighted by Gasteiger charge is -2.56. The molecular weight excluding hydrogens is 322 g/mol. The molecule has 1 atom stereocenters. The second kappa shape index (κ2) is 6.37. The molecule has 1 amide bonds. The van der Waals surface area contributed by atoms with Gasteiger partial charge in [-0.2, -0.15) is 11.8 Å². The van der Waals surface area contributed by atoms with Crippen molar-refractivity contribution in [3.05, 3.63) is 17.8 Å². The first-order valence-electron chi connectivity index (χ1n) is 9.09. The maximum Gasteiger partial charge on any atom is 0.273 e. The number of thioether (sulfide) groups is 1. The molecule has 0 spiro atoms. The molecule has 3 N–H and O–H groups in total. The smallest absolute Gasteiger partial charge is 0.273 e. The Morgan fingerprint density at radius 3 is 2.58 bits per heavy atom. The van der Waals surface area contributed by atoms with Gasteiger partial charge in [0.25, 0.3) is 5.91 Å². The van der Waals surface area contributed by atoms with E-state index in [9.17, 15) is 4.79 Å². The van der Waals surface area contributed by atoms with Crippen LogP contribution in [0.5, 0.6) is 0 Å². The van der Waals surface area contributed by atoms with Crippen molar-refractivity contribution >= 4 is 17.7 Å². The van der Waals surface area contributed by atoms with Crippen molar-refractivity contribution in [2.24, 2.45) is 23.5 Å². The highest BCUT2D eigenvalue weighted by molar-refractivity contribution is 7.98. The second-order valence-electron chi connectivity index (χ2n) is 8.11. The van der Waals surface area contributed by atoms with Crippen molar-refractivity contribution in [3.63, 3.8) is 0 Å². The number of nitrogens with zero attached hydrogens (tertiary/aromatic N) is 1. The minimum Gasteiger partial charge on any atom is -0.446 e. The highest BCUT2D eigenvalue weighted by Gasteiger charge is 2.51. The van der Waals surface area contributed by atoms with Crippen LogP contribution in [-0.2, 0) is 0 Å². The van der Waals surface area contributed by atoms with Gasteiger partial charge in [0, 0.05) is 5.54 Å². The number of hydrogen-bond acceptors (Lipinski definition) is 5. The summed E-state index contributed by atoms with van der Waals surface area (Å²) in [5.74, 6) is 3.76. The average molecular weight is 350 g/mol. The van der Waals surface area contributed by atoms with Crippen molar-refractivity contribution in [1.82, 2.24) is 10.3 Å². The normalized spacial score (nSPS) is 35.2. The molecule has 5 nitrogen and oxygen atoms in total. The van der Waals surface area contributed by atoms with E-state index in [1.807, 2.05) is 6.26 Å². The molecule has 0 radical (unpaired) electrons. The maximum atomic E-state index is 12.7. The summed E-state index contributed by atoms with van der Waals surface area (Å²) in [6.45, 7) is 0. The SMILES string of the molecule is CSCCC(N)c1nc(C(=O)NC23CC4CC(CC(C4)C2)C3)co1. The first-order chi connectivity index (χ1) is 11.6. The summed E-state index contributed by atoms with van der Waals surface area (Å²) < 4.78 is 5.46. The van der Waals surface area contributed by atoms with Crippen LogP contribution < -0.4 is 11.1 Å². The van der Waals surface area contributed by atoms with Gasteiger partial charge in [0.1, 0.15) is 6.26 Å². The van der Waals surface area contributed by atoms with Gasteiger partial charge in [-0.25, -0.2) is 4.98 Å².